The lowest BCUT2D eigenvalue weighted by Gasteiger charge is -2.22. The highest BCUT2D eigenvalue weighted by atomic mass is 35.5. The summed E-state index contributed by atoms with van der Waals surface area (Å²) in [4.78, 5) is 11.9. The van der Waals surface area contributed by atoms with Crippen LogP contribution in [0.3, 0.4) is 0 Å². The Labute approximate surface area is 102 Å². The van der Waals surface area contributed by atoms with E-state index in [1.165, 1.54) is 0 Å². The van der Waals surface area contributed by atoms with Gasteiger partial charge < -0.3 is 4.74 Å². The molecule has 0 unspecified atom stereocenters. The van der Waals surface area contributed by atoms with Gasteiger partial charge in [-0.2, -0.15) is 0 Å². The van der Waals surface area contributed by atoms with Gasteiger partial charge in [0.25, 0.3) is 0 Å². The van der Waals surface area contributed by atoms with Gasteiger partial charge in [-0.15, -0.1) is 0 Å². The normalized spacial score (nSPS) is 11.5. The maximum absolute atomic E-state index is 11.9. The molecule has 0 aliphatic carbocycles. The molecule has 0 spiro atoms. The lowest BCUT2D eigenvalue weighted by Crippen LogP contribution is -2.23. The summed E-state index contributed by atoms with van der Waals surface area (Å²) in [7, 11) is 1.65. The number of carbonyl (C=O) groups excluding carboxylic acids is 1. The second-order valence-corrected chi connectivity index (χ2v) is 4.77. The summed E-state index contributed by atoms with van der Waals surface area (Å²) in [5, 5.41) is 0.516. The highest BCUT2D eigenvalue weighted by Crippen LogP contribution is 2.21. The van der Waals surface area contributed by atoms with E-state index in [9.17, 15) is 4.79 Å². The number of Topliss-reactive ketones (excluding diaryl/α,β-unsaturated/α-hetero) is 1. The number of ketones is 1. The van der Waals surface area contributed by atoms with Crippen LogP contribution in [0.4, 0.5) is 0 Å². The van der Waals surface area contributed by atoms with E-state index in [0.29, 0.717) is 23.4 Å². The molecular weight excluding hydrogens is 224 g/mol. The molecule has 3 heteroatoms. The zero-order valence-electron chi connectivity index (χ0n) is 9.92. The Morgan fingerprint density at radius 3 is 2.56 bits per heavy atom. The van der Waals surface area contributed by atoms with Crippen LogP contribution in [-0.2, 0) is 4.74 Å². The van der Waals surface area contributed by atoms with Crippen LogP contribution in [0.1, 0.15) is 37.0 Å². The van der Waals surface area contributed by atoms with Crippen molar-refractivity contribution in [3.8, 4) is 0 Å². The van der Waals surface area contributed by atoms with Crippen molar-refractivity contribution >= 4 is 17.4 Å². The average molecular weight is 241 g/mol. The van der Waals surface area contributed by atoms with Crippen molar-refractivity contribution in [3.05, 3.63) is 34.9 Å². The highest BCUT2D eigenvalue weighted by Gasteiger charge is 2.19. The molecule has 0 amide bonds. The van der Waals surface area contributed by atoms with Crippen LogP contribution in [0.25, 0.3) is 0 Å². The Kier molecular flexibility index (Phi) is 4.51. The van der Waals surface area contributed by atoms with Gasteiger partial charge in [0.1, 0.15) is 0 Å². The number of hydrogen-bond acceptors (Lipinski definition) is 2. The van der Waals surface area contributed by atoms with Crippen LogP contribution in [0.15, 0.2) is 24.3 Å². The van der Waals surface area contributed by atoms with Crippen molar-refractivity contribution in [2.24, 2.45) is 0 Å². The van der Waals surface area contributed by atoms with E-state index < -0.39 is 0 Å². The lowest BCUT2D eigenvalue weighted by atomic mass is 9.98. The first-order chi connectivity index (χ1) is 7.46. The van der Waals surface area contributed by atoms with Gasteiger partial charge in [0, 0.05) is 19.1 Å². The molecule has 16 heavy (non-hydrogen) atoms. The number of ether oxygens (including phenoxy) is 1. The average Bonchev–Trinajstić information content (AvgIpc) is 2.27. The van der Waals surface area contributed by atoms with Gasteiger partial charge in [0.15, 0.2) is 5.78 Å². The predicted molar refractivity (Wildman–Crippen MR) is 66.1 cm³/mol. The summed E-state index contributed by atoms with van der Waals surface area (Å²) in [5.41, 5.74) is 0.327. The molecule has 0 saturated carbocycles. The molecule has 0 N–H and O–H groups in total. The first-order valence-electron chi connectivity index (χ1n) is 5.29. The van der Waals surface area contributed by atoms with E-state index in [1.807, 2.05) is 26.0 Å². The number of methoxy groups -OCH3 is 1. The zero-order chi connectivity index (χ0) is 12.2. The SMILES string of the molecule is COC(C)(C)CCC(=O)c1ccccc1Cl. The number of hydrogen-bond donors (Lipinski definition) is 0. The van der Waals surface area contributed by atoms with Crippen LogP contribution in [-0.4, -0.2) is 18.5 Å². The molecule has 0 atom stereocenters. The summed E-state index contributed by atoms with van der Waals surface area (Å²) >= 11 is 5.95. The standard InChI is InChI=1S/C13H17ClO2/c1-13(2,16-3)9-8-12(15)10-6-4-5-7-11(10)14/h4-7H,8-9H2,1-3H3. The van der Waals surface area contributed by atoms with Crippen molar-refractivity contribution in [2.75, 3.05) is 7.11 Å². The molecule has 0 fully saturated rings. The van der Waals surface area contributed by atoms with E-state index >= 15 is 0 Å². The minimum atomic E-state index is -0.267. The Morgan fingerprint density at radius 1 is 1.38 bits per heavy atom. The summed E-state index contributed by atoms with van der Waals surface area (Å²) in [6.07, 6.45) is 1.14. The first-order valence-corrected chi connectivity index (χ1v) is 5.67. The molecule has 1 rings (SSSR count). The van der Waals surface area contributed by atoms with E-state index in [2.05, 4.69) is 0 Å². The summed E-state index contributed by atoms with van der Waals surface area (Å²) < 4.78 is 5.27. The lowest BCUT2D eigenvalue weighted by molar-refractivity contribution is 0.0141. The third-order valence-electron chi connectivity index (χ3n) is 2.68. The van der Waals surface area contributed by atoms with Gasteiger partial charge >= 0.3 is 0 Å². The zero-order valence-corrected chi connectivity index (χ0v) is 10.7. The molecule has 0 aliphatic rings. The molecule has 1 aromatic rings. The number of carbonyl (C=O) groups is 1. The minimum Gasteiger partial charge on any atom is -0.379 e. The van der Waals surface area contributed by atoms with E-state index in [1.54, 1.807) is 19.2 Å². The Bertz CT molecular complexity index is 372. The van der Waals surface area contributed by atoms with E-state index in [-0.39, 0.29) is 11.4 Å². The van der Waals surface area contributed by atoms with Crippen molar-refractivity contribution in [2.45, 2.75) is 32.3 Å². The number of benzene rings is 1. The maximum Gasteiger partial charge on any atom is 0.164 e. The van der Waals surface area contributed by atoms with Gasteiger partial charge in [-0.1, -0.05) is 23.7 Å². The highest BCUT2D eigenvalue weighted by molar-refractivity contribution is 6.33. The molecule has 88 valence electrons. The van der Waals surface area contributed by atoms with Crippen LogP contribution >= 0.6 is 11.6 Å². The second-order valence-electron chi connectivity index (χ2n) is 4.37. The maximum atomic E-state index is 11.9. The van der Waals surface area contributed by atoms with Crippen LogP contribution in [0, 0.1) is 0 Å². The third kappa shape index (κ3) is 3.62. The molecule has 0 aromatic heterocycles. The summed E-state index contributed by atoms with van der Waals surface area (Å²) in [5.74, 6) is 0.0655. The molecule has 0 aliphatic heterocycles. The monoisotopic (exact) mass is 240 g/mol. The number of halogens is 1. The van der Waals surface area contributed by atoms with Crippen molar-refractivity contribution in [3.63, 3.8) is 0 Å². The fourth-order valence-corrected chi connectivity index (χ4v) is 1.58. The van der Waals surface area contributed by atoms with Gasteiger partial charge in [-0.05, 0) is 32.4 Å². The van der Waals surface area contributed by atoms with E-state index in [4.69, 9.17) is 16.3 Å². The Balaban J connectivity index is 2.64. The molecule has 0 bridgehead atoms. The fraction of sp³-hybridized carbons (Fsp3) is 0.462. The first kappa shape index (κ1) is 13.2. The molecule has 0 heterocycles. The molecule has 1 aromatic carbocycles. The smallest absolute Gasteiger partial charge is 0.164 e. The fourth-order valence-electron chi connectivity index (χ4n) is 1.34. The van der Waals surface area contributed by atoms with Crippen molar-refractivity contribution in [1.82, 2.24) is 0 Å². The van der Waals surface area contributed by atoms with Gasteiger partial charge in [0.2, 0.25) is 0 Å². The van der Waals surface area contributed by atoms with Gasteiger partial charge in [-0.25, -0.2) is 0 Å². The summed E-state index contributed by atoms with van der Waals surface area (Å²) in [6, 6.07) is 7.12. The molecular formula is C13H17ClO2. The van der Waals surface area contributed by atoms with Gasteiger partial charge in [0.05, 0.1) is 10.6 Å². The Hall–Kier alpha value is -0.860. The molecule has 2 nitrogen and oxygen atoms in total. The Morgan fingerprint density at radius 2 is 2.00 bits per heavy atom. The van der Waals surface area contributed by atoms with Crippen molar-refractivity contribution in [1.29, 1.82) is 0 Å². The number of rotatable bonds is 5. The third-order valence-corrected chi connectivity index (χ3v) is 3.01. The van der Waals surface area contributed by atoms with Crippen LogP contribution in [0.5, 0.6) is 0 Å². The van der Waals surface area contributed by atoms with Crippen LogP contribution < -0.4 is 0 Å². The summed E-state index contributed by atoms with van der Waals surface area (Å²) in [6.45, 7) is 3.93. The molecule has 0 saturated heterocycles. The van der Waals surface area contributed by atoms with Gasteiger partial charge in [-0.3, -0.25) is 4.79 Å². The minimum absolute atomic E-state index is 0.0655. The quantitative estimate of drug-likeness (QED) is 0.733. The second kappa shape index (κ2) is 5.46. The molecule has 0 radical (unpaired) electrons. The largest absolute Gasteiger partial charge is 0.379 e. The van der Waals surface area contributed by atoms with E-state index in [0.717, 1.165) is 0 Å². The van der Waals surface area contributed by atoms with Crippen LogP contribution in [0.2, 0.25) is 5.02 Å². The van der Waals surface area contributed by atoms with Crippen molar-refractivity contribution < 1.29 is 9.53 Å². The predicted octanol–water partition coefficient (Wildman–Crippen LogP) is 3.73. The topological polar surface area (TPSA) is 26.3 Å².